The molecule has 0 bridgehead atoms. The average molecular weight is 562 g/mol. The largest absolute Gasteiger partial charge is 0.457 e. The fourth-order valence-corrected chi connectivity index (χ4v) is 7.38. The van der Waals surface area contributed by atoms with Gasteiger partial charge in [0.15, 0.2) is 0 Å². The molecular formula is C33H31N5O2S. The molecule has 2 aliphatic rings. The molecule has 2 aliphatic heterocycles. The molecule has 0 spiro atoms. The molecule has 3 aromatic carbocycles. The lowest BCUT2D eigenvalue weighted by molar-refractivity contribution is 0.136. The van der Waals surface area contributed by atoms with Crippen LogP contribution in [0.2, 0.25) is 0 Å². The standard InChI is InChI=1S/C33H31N5O2S/c1-3-22(20-35-37-34)24-15-16-38-31(18-24)32(41-33(38)39)28-19-30(36-29-14-9-21(2)17-27(28)29)23-10-12-26(13-11-23)40-25-7-5-4-6-8-25/h3-14,17,19,22,24,31-32H,1,15-16,18,20H2,2H3/t22-,24-,31-,32+/m0/s1. The Kier molecular flexibility index (Phi) is 7.68. The van der Waals surface area contributed by atoms with Gasteiger partial charge in [0.1, 0.15) is 11.5 Å². The quantitative estimate of drug-likeness (QED) is 0.0928. The molecule has 6 rings (SSSR count). The second kappa shape index (κ2) is 11.7. The van der Waals surface area contributed by atoms with Crippen LogP contribution in [0.4, 0.5) is 4.79 Å². The Labute approximate surface area is 243 Å². The summed E-state index contributed by atoms with van der Waals surface area (Å²) >= 11 is 1.42. The number of aromatic nitrogens is 1. The van der Waals surface area contributed by atoms with Crippen molar-refractivity contribution in [2.45, 2.75) is 31.1 Å². The van der Waals surface area contributed by atoms with Crippen LogP contribution in [0.5, 0.6) is 11.5 Å². The number of nitrogens with zero attached hydrogens (tertiary/aromatic N) is 5. The zero-order valence-electron chi connectivity index (χ0n) is 22.9. The van der Waals surface area contributed by atoms with E-state index in [-0.39, 0.29) is 22.4 Å². The Morgan fingerprint density at radius 3 is 2.68 bits per heavy atom. The molecule has 8 heteroatoms. The lowest BCUT2D eigenvalue weighted by Gasteiger charge is -2.39. The normalized spacial score (nSPS) is 20.8. The van der Waals surface area contributed by atoms with Crippen LogP contribution in [0.1, 0.15) is 29.2 Å². The van der Waals surface area contributed by atoms with Gasteiger partial charge in [-0.05, 0) is 97.3 Å². The molecule has 2 saturated heterocycles. The average Bonchev–Trinajstić information content (AvgIpc) is 3.33. The van der Waals surface area contributed by atoms with Crippen molar-refractivity contribution in [2.75, 3.05) is 13.1 Å². The molecule has 4 atom stereocenters. The highest BCUT2D eigenvalue weighted by Gasteiger charge is 2.46. The zero-order chi connectivity index (χ0) is 28.3. The number of benzene rings is 3. The van der Waals surface area contributed by atoms with Gasteiger partial charge in [-0.25, -0.2) is 4.98 Å². The maximum atomic E-state index is 13.2. The minimum absolute atomic E-state index is 0.0260. The highest BCUT2D eigenvalue weighted by atomic mass is 32.2. The molecule has 41 heavy (non-hydrogen) atoms. The molecule has 0 unspecified atom stereocenters. The number of hydrogen-bond donors (Lipinski definition) is 0. The number of carbonyl (C=O) groups excluding carboxylic acids is 1. The van der Waals surface area contributed by atoms with Gasteiger partial charge in [0.2, 0.25) is 0 Å². The van der Waals surface area contributed by atoms with Crippen LogP contribution in [0.3, 0.4) is 0 Å². The predicted molar refractivity (Wildman–Crippen MR) is 165 cm³/mol. The number of thioether (sulfide) groups is 1. The molecule has 0 N–H and O–H groups in total. The summed E-state index contributed by atoms with van der Waals surface area (Å²) in [5.74, 6) is 1.95. The van der Waals surface area contributed by atoms with Gasteiger partial charge in [-0.1, -0.05) is 52.8 Å². The zero-order valence-corrected chi connectivity index (χ0v) is 23.7. The molecule has 1 amide bonds. The van der Waals surface area contributed by atoms with E-state index in [4.69, 9.17) is 15.3 Å². The first kappa shape index (κ1) is 26.9. The lowest BCUT2D eigenvalue weighted by atomic mass is 9.79. The molecule has 1 aromatic heterocycles. The first-order chi connectivity index (χ1) is 20.0. The first-order valence-electron chi connectivity index (χ1n) is 13.9. The summed E-state index contributed by atoms with van der Waals surface area (Å²) in [5, 5.41) is 5.02. The number of aryl methyl sites for hydroxylation is 1. The SMILES string of the molecule is C=C[C@@H](CN=[N+]=[N-])[C@H]1CCN2C(=O)S[C@H](c3cc(-c4ccc(Oc5ccccc5)cc4)nc4ccc(C)cc34)[C@@H]2C1. The van der Waals surface area contributed by atoms with Crippen LogP contribution in [0.25, 0.3) is 32.6 Å². The number of carbonyl (C=O) groups is 1. The molecule has 0 aliphatic carbocycles. The second-order valence-corrected chi connectivity index (χ2v) is 11.8. The Bertz CT molecular complexity index is 1640. The van der Waals surface area contributed by atoms with Gasteiger partial charge < -0.3 is 9.64 Å². The van der Waals surface area contributed by atoms with Crippen molar-refractivity contribution in [1.82, 2.24) is 9.88 Å². The van der Waals surface area contributed by atoms with Crippen LogP contribution in [0, 0.1) is 18.8 Å². The van der Waals surface area contributed by atoms with Crippen LogP contribution in [0.15, 0.2) is 96.6 Å². The molecule has 4 aromatic rings. The van der Waals surface area contributed by atoms with Crippen molar-refractivity contribution < 1.29 is 9.53 Å². The third-order valence-corrected chi connectivity index (χ3v) is 9.45. The number of para-hydroxylation sites is 1. The summed E-state index contributed by atoms with van der Waals surface area (Å²) in [6.45, 7) is 7.19. The lowest BCUT2D eigenvalue weighted by Crippen LogP contribution is -2.43. The Morgan fingerprint density at radius 2 is 1.93 bits per heavy atom. The topological polar surface area (TPSA) is 91.2 Å². The van der Waals surface area contributed by atoms with Gasteiger partial charge in [0, 0.05) is 35.0 Å². The predicted octanol–water partition coefficient (Wildman–Crippen LogP) is 9.10. The van der Waals surface area contributed by atoms with Gasteiger partial charge in [0.25, 0.3) is 5.24 Å². The van der Waals surface area contributed by atoms with Gasteiger partial charge in [-0.3, -0.25) is 4.79 Å². The molecule has 0 radical (unpaired) electrons. The van der Waals surface area contributed by atoms with Crippen molar-refractivity contribution in [3.05, 3.63) is 113 Å². The molecular weight excluding hydrogens is 530 g/mol. The van der Waals surface area contributed by atoms with E-state index in [0.717, 1.165) is 57.6 Å². The fraction of sp³-hybridized carbons (Fsp3) is 0.273. The summed E-state index contributed by atoms with van der Waals surface area (Å²) in [5.41, 5.74) is 13.9. The molecule has 3 heterocycles. The van der Waals surface area contributed by atoms with E-state index in [0.29, 0.717) is 19.0 Å². The summed E-state index contributed by atoms with van der Waals surface area (Å²) in [6, 6.07) is 26.3. The van der Waals surface area contributed by atoms with E-state index in [1.165, 1.54) is 11.8 Å². The first-order valence-corrected chi connectivity index (χ1v) is 14.8. The number of fused-ring (bicyclic) bond motifs is 2. The van der Waals surface area contributed by atoms with Gasteiger partial charge in [-0.2, -0.15) is 0 Å². The van der Waals surface area contributed by atoms with Crippen molar-refractivity contribution in [3.63, 3.8) is 0 Å². The Balaban J connectivity index is 1.36. The van der Waals surface area contributed by atoms with Gasteiger partial charge in [0.05, 0.1) is 16.5 Å². The number of rotatable bonds is 8. The van der Waals surface area contributed by atoms with E-state index in [1.54, 1.807) is 0 Å². The molecule has 0 saturated carbocycles. The summed E-state index contributed by atoms with van der Waals surface area (Å²) in [6.07, 6.45) is 3.63. The van der Waals surface area contributed by atoms with E-state index in [2.05, 4.69) is 47.8 Å². The highest BCUT2D eigenvalue weighted by molar-refractivity contribution is 8.14. The van der Waals surface area contributed by atoms with E-state index < -0.39 is 0 Å². The molecule has 206 valence electrons. The maximum absolute atomic E-state index is 13.2. The second-order valence-electron chi connectivity index (χ2n) is 10.7. The highest BCUT2D eigenvalue weighted by Crippen LogP contribution is 2.51. The van der Waals surface area contributed by atoms with E-state index >= 15 is 0 Å². The van der Waals surface area contributed by atoms with E-state index in [1.807, 2.05) is 65.6 Å². The smallest absolute Gasteiger partial charge is 0.282 e. The van der Waals surface area contributed by atoms with Crippen molar-refractivity contribution >= 4 is 27.9 Å². The number of amides is 1. The summed E-state index contributed by atoms with van der Waals surface area (Å²) in [4.78, 5) is 23.3. The molecule has 2 fully saturated rings. The number of hydrogen-bond acceptors (Lipinski definition) is 5. The molecule has 7 nitrogen and oxygen atoms in total. The van der Waals surface area contributed by atoms with Crippen LogP contribution in [-0.2, 0) is 0 Å². The minimum Gasteiger partial charge on any atom is -0.457 e. The number of ether oxygens (including phenoxy) is 1. The Hall–Kier alpha value is -4.26. The van der Waals surface area contributed by atoms with Crippen molar-refractivity contribution in [3.8, 4) is 22.8 Å². The van der Waals surface area contributed by atoms with Crippen molar-refractivity contribution in [2.24, 2.45) is 17.0 Å². The third-order valence-electron chi connectivity index (χ3n) is 8.19. The summed E-state index contributed by atoms with van der Waals surface area (Å²) in [7, 11) is 0. The van der Waals surface area contributed by atoms with Crippen LogP contribution in [-0.4, -0.2) is 34.3 Å². The maximum Gasteiger partial charge on any atom is 0.282 e. The number of azide groups is 1. The Morgan fingerprint density at radius 1 is 1.15 bits per heavy atom. The van der Waals surface area contributed by atoms with Gasteiger partial charge in [-0.15, -0.1) is 6.58 Å². The number of pyridine rings is 1. The van der Waals surface area contributed by atoms with Crippen molar-refractivity contribution in [1.29, 1.82) is 0 Å². The third kappa shape index (κ3) is 5.53. The summed E-state index contributed by atoms with van der Waals surface area (Å²) < 4.78 is 5.99. The van der Waals surface area contributed by atoms with Crippen LogP contribution >= 0.6 is 11.8 Å². The van der Waals surface area contributed by atoms with Crippen LogP contribution < -0.4 is 4.74 Å². The fourth-order valence-electron chi connectivity index (χ4n) is 6.07. The van der Waals surface area contributed by atoms with E-state index in [9.17, 15) is 4.79 Å². The number of piperidine rings is 1. The minimum atomic E-state index is -0.0260. The monoisotopic (exact) mass is 561 g/mol. The van der Waals surface area contributed by atoms with Gasteiger partial charge >= 0.3 is 0 Å².